The van der Waals surface area contributed by atoms with Crippen LogP contribution in [0.3, 0.4) is 0 Å². The average molecular weight is 244 g/mol. The number of pyridine rings is 1. The van der Waals surface area contributed by atoms with E-state index in [1.54, 1.807) is 13.8 Å². The van der Waals surface area contributed by atoms with Gasteiger partial charge in [-0.05, 0) is 57.8 Å². The van der Waals surface area contributed by atoms with Crippen molar-refractivity contribution in [3.05, 3.63) is 29.6 Å². The zero-order valence-electron chi connectivity index (χ0n) is 11.3. The molecule has 0 aromatic carbocycles. The van der Waals surface area contributed by atoms with E-state index >= 15 is 0 Å². The molecule has 18 heavy (non-hydrogen) atoms. The fourth-order valence-corrected chi connectivity index (χ4v) is 2.22. The molecule has 0 aliphatic carbocycles. The number of aliphatic hydroxyl groups is 1. The van der Waals surface area contributed by atoms with Crippen LogP contribution in [0.1, 0.15) is 44.0 Å². The highest BCUT2D eigenvalue weighted by Gasteiger charge is 2.22. The van der Waals surface area contributed by atoms with Gasteiger partial charge < -0.3 is 5.11 Å². The normalized spacial score (nSPS) is 20.6. The lowest BCUT2D eigenvalue weighted by molar-refractivity contribution is 0.143. The van der Waals surface area contributed by atoms with Crippen molar-refractivity contribution in [3.63, 3.8) is 0 Å². The van der Waals surface area contributed by atoms with Crippen LogP contribution in [0.4, 0.5) is 0 Å². The lowest BCUT2D eigenvalue weighted by atomic mass is 10.1. The fraction of sp³-hybridized carbons (Fsp3) is 0.533. The van der Waals surface area contributed by atoms with E-state index in [-0.39, 0.29) is 0 Å². The molecule has 2 heterocycles. The van der Waals surface area contributed by atoms with Crippen LogP contribution in [0.15, 0.2) is 18.3 Å². The quantitative estimate of drug-likeness (QED) is 0.767. The van der Waals surface area contributed by atoms with Gasteiger partial charge in [-0.25, -0.2) is 4.98 Å². The van der Waals surface area contributed by atoms with Gasteiger partial charge in [0.2, 0.25) is 0 Å². The second-order valence-corrected chi connectivity index (χ2v) is 5.42. The van der Waals surface area contributed by atoms with Crippen LogP contribution in [-0.4, -0.2) is 34.2 Å². The Morgan fingerprint density at radius 3 is 2.72 bits per heavy atom. The van der Waals surface area contributed by atoms with Gasteiger partial charge in [0.05, 0.1) is 0 Å². The van der Waals surface area contributed by atoms with Gasteiger partial charge in [0.1, 0.15) is 11.3 Å². The van der Waals surface area contributed by atoms with Gasteiger partial charge in [0.15, 0.2) is 0 Å². The van der Waals surface area contributed by atoms with Crippen LogP contribution in [0.2, 0.25) is 0 Å². The highest BCUT2D eigenvalue weighted by Crippen LogP contribution is 2.29. The molecular weight excluding hydrogens is 224 g/mol. The van der Waals surface area contributed by atoms with E-state index in [1.165, 1.54) is 18.4 Å². The molecule has 3 nitrogen and oxygen atoms in total. The Balaban J connectivity index is 2.12. The Morgan fingerprint density at radius 2 is 2.22 bits per heavy atom. The topological polar surface area (TPSA) is 36.4 Å². The molecule has 1 aliphatic rings. The van der Waals surface area contributed by atoms with Gasteiger partial charge >= 0.3 is 0 Å². The van der Waals surface area contributed by atoms with E-state index < -0.39 is 5.60 Å². The SMILES string of the molecule is CN1CCCC1c1ccc(C#CC(C)(C)O)nc1. The van der Waals surface area contributed by atoms with Crippen LogP contribution in [0.5, 0.6) is 0 Å². The third-order valence-corrected chi connectivity index (χ3v) is 3.19. The van der Waals surface area contributed by atoms with Crippen LogP contribution >= 0.6 is 0 Å². The summed E-state index contributed by atoms with van der Waals surface area (Å²) in [5.41, 5.74) is 0.997. The molecule has 0 radical (unpaired) electrons. The smallest absolute Gasteiger partial charge is 0.120 e. The third-order valence-electron chi connectivity index (χ3n) is 3.19. The van der Waals surface area contributed by atoms with E-state index in [0.717, 1.165) is 6.54 Å². The van der Waals surface area contributed by atoms with Crippen molar-refractivity contribution in [2.24, 2.45) is 0 Å². The van der Waals surface area contributed by atoms with Gasteiger partial charge in [0, 0.05) is 12.2 Å². The number of hydrogen-bond acceptors (Lipinski definition) is 3. The molecule has 0 spiro atoms. The summed E-state index contributed by atoms with van der Waals surface area (Å²) in [7, 11) is 2.15. The van der Waals surface area contributed by atoms with Crippen molar-refractivity contribution in [2.75, 3.05) is 13.6 Å². The molecule has 1 aromatic heterocycles. The van der Waals surface area contributed by atoms with Gasteiger partial charge in [-0.2, -0.15) is 0 Å². The van der Waals surface area contributed by atoms with Crippen LogP contribution in [0.25, 0.3) is 0 Å². The fourth-order valence-electron chi connectivity index (χ4n) is 2.22. The summed E-state index contributed by atoms with van der Waals surface area (Å²) in [6.07, 6.45) is 4.36. The van der Waals surface area contributed by atoms with Crippen molar-refractivity contribution in [1.29, 1.82) is 0 Å². The number of rotatable bonds is 1. The lowest BCUT2D eigenvalue weighted by Gasteiger charge is -2.19. The lowest BCUT2D eigenvalue weighted by Crippen LogP contribution is -2.17. The summed E-state index contributed by atoms with van der Waals surface area (Å²) in [4.78, 5) is 6.71. The third kappa shape index (κ3) is 3.32. The minimum atomic E-state index is -0.966. The van der Waals surface area contributed by atoms with Crippen LogP contribution in [0, 0.1) is 11.8 Å². The maximum absolute atomic E-state index is 9.53. The summed E-state index contributed by atoms with van der Waals surface area (Å²) in [5.74, 6) is 5.66. The van der Waals surface area contributed by atoms with Crippen molar-refractivity contribution < 1.29 is 5.11 Å². The molecule has 0 bridgehead atoms. The van der Waals surface area contributed by atoms with E-state index in [2.05, 4.69) is 34.8 Å². The summed E-state index contributed by atoms with van der Waals surface area (Å²) < 4.78 is 0. The largest absolute Gasteiger partial charge is 0.378 e. The maximum atomic E-state index is 9.53. The number of likely N-dealkylation sites (tertiary alicyclic amines) is 1. The zero-order valence-corrected chi connectivity index (χ0v) is 11.3. The van der Waals surface area contributed by atoms with Gasteiger partial charge in [-0.15, -0.1) is 0 Å². The predicted molar refractivity (Wildman–Crippen MR) is 72.0 cm³/mol. The molecule has 1 aromatic rings. The van der Waals surface area contributed by atoms with E-state index in [4.69, 9.17) is 0 Å². The molecule has 3 heteroatoms. The Labute approximate surface area is 109 Å². The van der Waals surface area contributed by atoms with Crippen LogP contribution in [-0.2, 0) is 0 Å². The van der Waals surface area contributed by atoms with Crippen molar-refractivity contribution >= 4 is 0 Å². The minimum absolute atomic E-state index is 0.494. The van der Waals surface area contributed by atoms with Crippen LogP contribution < -0.4 is 0 Å². The number of aromatic nitrogens is 1. The molecule has 1 N–H and O–H groups in total. The first-order valence-corrected chi connectivity index (χ1v) is 6.37. The highest BCUT2D eigenvalue weighted by atomic mass is 16.3. The standard InChI is InChI=1S/C15H20N2O/c1-15(2,18)9-8-13-7-6-12(11-16-13)14-5-4-10-17(14)3/h6-7,11,14,18H,4-5,10H2,1-3H3. The molecule has 1 saturated heterocycles. The minimum Gasteiger partial charge on any atom is -0.378 e. The average Bonchev–Trinajstić information content (AvgIpc) is 2.73. The predicted octanol–water partition coefficient (Wildman–Crippen LogP) is 1.97. The first kappa shape index (κ1) is 13.1. The Kier molecular flexibility index (Phi) is 3.70. The molecule has 1 aliphatic heterocycles. The van der Waals surface area contributed by atoms with Gasteiger partial charge in [-0.3, -0.25) is 4.90 Å². The Bertz CT molecular complexity index is 462. The second-order valence-electron chi connectivity index (χ2n) is 5.42. The summed E-state index contributed by atoms with van der Waals surface area (Å²) in [5, 5.41) is 9.53. The molecule has 1 atom stereocenters. The first-order chi connectivity index (χ1) is 8.46. The first-order valence-electron chi connectivity index (χ1n) is 6.37. The molecular formula is C15H20N2O. The molecule has 1 unspecified atom stereocenters. The maximum Gasteiger partial charge on any atom is 0.120 e. The number of nitrogens with zero attached hydrogens (tertiary/aromatic N) is 2. The number of hydrogen-bond donors (Lipinski definition) is 1. The van der Waals surface area contributed by atoms with Crippen molar-refractivity contribution in [3.8, 4) is 11.8 Å². The van der Waals surface area contributed by atoms with Crippen molar-refractivity contribution in [2.45, 2.75) is 38.3 Å². The second kappa shape index (κ2) is 5.09. The highest BCUT2D eigenvalue weighted by molar-refractivity contribution is 5.32. The summed E-state index contributed by atoms with van der Waals surface area (Å²) in [6, 6.07) is 4.52. The Morgan fingerprint density at radius 1 is 1.44 bits per heavy atom. The van der Waals surface area contributed by atoms with E-state index in [0.29, 0.717) is 11.7 Å². The molecule has 0 saturated carbocycles. The van der Waals surface area contributed by atoms with Crippen molar-refractivity contribution in [1.82, 2.24) is 9.88 Å². The zero-order chi connectivity index (χ0) is 13.2. The summed E-state index contributed by atoms with van der Waals surface area (Å²) >= 11 is 0. The molecule has 1 fully saturated rings. The molecule has 96 valence electrons. The van der Waals surface area contributed by atoms with E-state index in [9.17, 15) is 5.11 Å². The van der Waals surface area contributed by atoms with Gasteiger partial charge in [-0.1, -0.05) is 12.0 Å². The summed E-state index contributed by atoms with van der Waals surface area (Å²) in [6.45, 7) is 4.49. The Hall–Kier alpha value is -1.37. The monoisotopic (exact) mass is 244 g/mol. The molecule has 0 amide bonds. The molecule has 2 rings (SSSR count). The van der Waals surface area contributed by atoms with Gasteiger partial charge in [0.25, 0.3) is 0 Å². The van der Waals surface area contributed by atoms with E-state index in [1.807, 2.05) is 12.3 Å².